The highest BCUT2D eigenvalue weighted by Crippen LogP contribution is 2.25. The van der Waals surface area contributed by atoms with E-state index in [4.69, 9.17) is 23.2 Å². The second-order valence-electron chi connectivity index (χ2n) is 4.60. The van der Waals surface area contributed by atoms with Gasteiger partial charge in [0.2, 0.25) is 5.91 Å². The zero-order chi connectivity index (χ0) is 14.7. The summed E-state index contributed by atoms with van der Waals surface area (Å²) in [5.74, 6) is 0.00665. The van der Waals surface area contributed by atoms with Crippen LogP contribution in [-0.2, 0) is 18.3 Å². The van der Waals surface area contributed by atoms with Crippen LogP contribution in [0.2, 0.25) is 10.0 Å². The molecule has 1 heterocycles. The highest BCUT2D eigenvalue weighted by Gasteiger charge is 2.12. The van der Waals surface area contributed by atoms with Crippen molar-refractivity contribution in [2.45, 2.75) is 12.8 Å². The SMILES string of the molecule is CN(C(=O)CCc1cnn(C)c1)c1cc(Cl)cc(Cl)c1. The van der Waals surface area contributed by atoms with Gasteiger partial charge in [-0.05, 0) is 30.2 Å². The summed E-state index contributed by atoms with van der Waals surface area (Å²) < 4.78 is 1.72. The Morgan fingerprint density at radius 2 is 1.95 bits per heavy atom. The van der Waals surface area contributed by atoms with Crippen LogP contribution in [0.3, 0.4) is 0 Å². The van der Waals surface area contributed by atoms with Crippen LogP contribution < -0.4 is 4.90 Å². The summed E-state index contributed by atoms with van der Waals surface area (Å²) in [5.41, 5.74) is 1.73. The van der Waals surface area contributed by atoms with Crippen LogP contribution in [-0.4, -0.2) is 22.7 Å². The van der Waals surface area contributed by atoms with Gasteiger partial charge in [-0.25, -0.2) is 0 Å². The van der Waals surface area contributed by atoms with E-state index in [1.807, 2.05) is 13.2 Å². The van der Waals surface area contributed by atoms with Crippen LogP contribution in [0.25, 0.3) is 0 Å². The lowest BCUT2D eigenvalue weighted by atomic mass is 10.2. The Balaban J connectivity index is 2.01. The number of rotatable bonds is 4. The summed E-state index contributed by atoms with van der Waals surface area (Å²) in [7, 11) is 3.57. The summed E-state index contributed by atoms with van der Waals surface area (Å²) >= 11 is 11.9. The van der Waals surface area contributed by atoms with E-state index in [0.717, 1.165) is 5.56 Å². The number of carbonyl (C=O) groups excluding carboxylic acids is 1. The van der Waals surface area contributed by atoms with Gasteiger partial charge in [0.15, 0.2) is 0 Å². The molecule has 0 N–H and O–H groups in total. The average molecular weight is 312 g/mol. The van der Waals surface area contributed by atoms with Gasteiger partial charge in [-0.1, -0.05) is 23.2 Å². The number of nitrogens with zero attached hydrogens (tertiary/aromatic N) is 3. The molecule has 6 heteroatoms. The van der Waals surface area contributed by atoms with Crippen LogP contribution in [0.5, 0.6) is 0 Å². The molecule has 1 aromatic heterocycles. The van der Waals surface area contributed by atoms with E-state index < -0.39 is 0 Å². The summed E-state index contributed by atoms with van der Waals surface area (Å²) in [6.45, 7) is 0. The van der Waals surface area contributed by atoms with Crippen molar-refractivity contribution in [3.63, 3.8) is 0 Å². The molecule has 0 saturated carbocycles. The van der Waals surface area contributed by atoms with Crippen LogP contribution in [0.1, 0.15) is 12.0 Å². The fraction of sp³-hybridized carbons (Fsp3) is 0.286. The minimum absolute atomic E-state index is 0.00665. The lowest BCUT2D eigenvalue weighted by Crippen LogP contribution is -2.26. The lowest BCUT2D eigenvalue weighted by Gasteiger charge is -2.17. The molecule has 106 valence electrons. The highest BCUT2D eigenvalue weighted by molar-refractivity contribution is 6.35. The van der Waals surface area contributed by atoms with Gasteiger partial charge in [0.25, 0.3) is 0 Å². The van der Waals surface area contributed by atoms with Crippen molar-refractivity contribution in [2.75, 3.05) is 11.9 Å². The number of carbonyl (C=O) groups is 1. The van der Waals surface area contributed by atoms with E-state index in [2.05, 4.69) is 5.10 Å². The zero-order valence-corrected chi connectivity index (χ0v) is 12.8. The van der Waals surface area contributed by atoms with Crippen molar-refractivity contribution in [3.05, 3.63) is 46.2 Å². The van der Waals surface area contributed by atoms with E-state index >= 15 is 0 Å². The quantitative estimate of drug-likeness (QED) is 0.868. The van der Waals surface area contributed by atoms with Gasteiger partial charge in [-0.15, -0.1) is 0 Å². The van der Waals surface area contributed by atoms with Gasteiger partial charge < -0.3 is 4.90 Å². The van der Waals surface area contributed by atoms with Gasteiger partial charge in [0, 0.05) is 42.4 Å². The van der Waals surface area contributed by atoms with Crippen molar-refractivity contribution in [3.8, 4) is 0 Å². The Labute approximate surface area is 127 Å². The van der Waals surface area contributed by atoms with Gasteiger partial charge >= 0.3 is 0 Å². The number of aryl methyl sites for hydroxylation is 2. The summed E-state index contributed by atoms with van der Waals surface area (Å²) in [4.78, 5) is 13.7. The molecule has 20 heavy (non-hydrogen) atoms. The Morgan fingerprint density at radius 1 is 1.30 bits per heavy atom. The van der Waals surface area contributed by atoms with E-state index in [1.54, 1.807) is 41.0 Å². The molecule has 0 fully saturated rings. The number of aromatic nitrogens is 2. The van der Waals surface area contributed by atoms with Crippen LogP contribution in [0, 0.1) is 0 Å². The smallest absolute Gasteiger partial charge is 0.227 e. The maximum Gasteiger partial charge on any atom is 0.227 e. The van der Waals surface area contributed by atoms with Crippen LogP contribution >= 0.6 is 23.2 Å². The largest absolute Gasteiger partial charge is 0.315 e. The van der Waals surface area contributed by atoms with E-state index in [-0.39, 0.29) is 5.91 Å². The van der Waals surface area contributed by atoms with E-state index in [1.165, 1.54) is 0 Å². The third kappa shape index (κ3) is 3.74. The first-order chi connectivity index (χ1) is 9.45. The summed E-state index contributed by atoms with van der Waals surface area (Å²) in [5, 5.41) is 5.10. The lowest BCUT2D eigenvalue weighted by molar-refractivity contribution is -0.118. The molecule has 0 bridgehead atoms. The van der Waals surface area contributed by atoms with Crippen LogP contribution in [0.4, 0.5) is 5.69 Å². The van der Waals surface area contributed by atoms with Gasteiger partial charge in [0.1, 0.15) is 0 Å². The molecule has 1 aromatic carbocycles. The number of hydrogen-bond acceptors (Lipinski definition) is 2. The van der Waals surface area contributed by atoms with Crippen molar-refractivity contribution in [2.24, 2.45) is 7.05 Å². The molecule has 0 saturated heterocycles. The second-order valence-corrected chi connectivity index (χ2v) is 5.48. The first kappa shape index (κ1) is 14.9. The van der Waals surface area contributed by atoms with Crippen molar-refractivity contribution >= 4 is 34.8 Å². The highest BCUT2D eigenvalue weighted by atomic mass is 35.5. The van der Waals surface area contributed by atoms with E-state index in [0.29, 0.717) is 28.6 Å². The molecule has 0 radical (unpaired) electrons. The molecule has 0 atom stereocenters. The van der Waals surface area contributed by atoms with Crippen LogP contribution in [0.15, 0.2) is 30.6 Å². The molecule has 1 amide bonds. The fourth-order valence-electron chi connectivity index (χ4n) is 1.90. The summed E-state index contributed by atoms with van der Waals surface area (Å²) in [6.07, 6.45) is 4.74. The maximum atomic E-state index is 12.2. The topological polar surface area (TPSA) is 38.1 Å². The molecule has 0 aliphatic rings. The maximum absolute atomic E-state index is 12.2. The third-order valence-corrected chi connectivity index (χ3v) is 3.43. The number of halogens is 2. The summed E-state index contributed by atoms with van der Waals surface area (Å²) in [6, 6.07) is 5.07. The van der Waals surface area contributed by atoms with Crippen molar-refractivity contribution in [1.29, 1.82) is 0 Å². The van der Waals surface area contributed by atoms with Crippen molar-refractivity contribution in [1.82, 2.24) is 9.78 Å². The minimum atomic E-state index is 0.00665. The first-order valence-corrected chi connectivity index (χ1v) is 6.91. The normalized spacial score (nSPS) is 10.6. The predicted molar refractivity (Wildman–Crippen MR) is 81.4 cm³/mol. The number of benzene rings is 1. The Morgan fingerprint density at radius 3 is 2.50 bits per heavy atom. The molecule has 2 aromatic rings. The molecule has 0 spiro atoms. The third-order valence-electron chi connectivity index (χ3n) is 2.99. The van der Waals surface area contributed by atoms with Crippen molar-refractivity contribution < 1.29 is 4.79 Å². The Kier molecular flexibility index (Phi) is 4.68. The van der Waals surface area contributed by atoms with E-state index in [9.17, 15) is 4.79 Å². The standard InChI is InChI=1S/C14H15Cl2N3O/c1-18-9-10(8-17-18)3-4-14(20)19(2)13-6-11(15)5-12(16)7-13/h5-9H,3-4H2,1-2H3. The van der Waals surface area contributed by atoms with Gasteiger partial charge in [-0.3, -0.25) is 9.48 Å². The fourth-order valence-corrected chi connectivity index (χ4v) is 2.41. The predicted octanol–water partition coefficient (Wildman–Crippen LogP) is 3.32. The molecule has 4 nitrogen and oxygen atoms in total. The Hall–Kier alpha value is -1.52. The van der Waals surface area contributed by atoms with Gasteiger partial charge in [0.05, 0.1) is 6.20 Å². The second kappa shape index (κ2) is 6.29. The first-order valence-electron chi connectivity index (χ1n) is 6.16. The molecule has 0 aliphatic carbocycles. The van der Waals surface area contributed by atoms with Gasteiger partial charge in [-0.2, -0.15) is 5.10 Å². The molecular formula is C14H15Cl2N3O. The zero-order valence-electron chi connectivity index (χ0n) is 11.3. The number of anilines is 1. The Bertz CT molecular complexity index is 604. The number of amides is 1. The molecule has 2 rings (SSSR count). The molecule has 0 unspecified atom stereocenters. The monoisotopic (exact) mass is 311 g/mol. The minimum Gasteiger partial charge on any atom is -0.315 e. The number of hydrogen-bond donors (Lipinski definition) is 0. The molecule has 0 aliphatic heterocycles. The average Bonchev–Trinajstić information content (AvgIpc) is 2.79. The molecular weight excluding hydrogens is 297 g/mol.